The molecule has 2 aromatic rings. The highest BCUT2D eigenvalue weighted by molar-refractivity contribution is 5.80. The van der Waals surface area contributed by atoms with Gasteiger partial charge in [-0.2, -0.15) is 0 Å². The van der Waals surface area contributed by atoms with Crippen molar-refractivity contribution in [3.63, 3.8) is 0 Å². The monoisotopic (exact) mass is 245 g/mol. The summed E-state index contributed by atoms with van der Waals surface area (Å²) in [4.78, 5) is 12.1. The van der Waals surface area contributed by atoms with Crippen LogP contribution in [0.15, 0.2) is 28.1 Å². The number of nitrogens with zero attached hydrogens (tertiary/aromatic N) is 2. The third-order valence-corrected chi connectivity index (χ3v) is 3.05. The zero-order chi connectivity index (χ0) is 13.3. The van der Waals surface area contributed by atoms with Crippen molar-refractivity contribution in [3.05, 3.63) is 50.9 Å². The standard InChI is InChI=1S/C13H15N3O2/c1-8-4-5-11(6-9(8)2)16-13(17)12(7-14-18)10(3)15-16/h4-7,15,18H,1-3H3/b14-7+. The van der Waals surface area contributed by atoms with Gasteiger partial charge in [-0.3, -0.25) is 9.89 Å². The van der Waals surface area contributed by atoms with Crippen molar-refractivity contribution in [2.45, 2.75) is 20.8 Å². The maximum atomic E-state index is 12.1. The predicted molar refractivity (Wildman–Crippen MR) is 70.0 cm³/mol. The second-order valence-corrected chi connectivity index (χ2v) is 4.30. The summed E-state index contributed by atoms with van der Waals surface area (Å²) in [6, 6.07) is 5.78. The Morgan fingerprint density at radius 2 is 2.00 bits per heavy atom. The van der Waals surface area contributed by atoms with Crippen molar-refractivity contribution in [2.75, 3.05) is 0 Å². The topological polar surface area (TPSA) is 70.4 Å². The van der Waals surface area contributed by atoms with Crippen molar-refractivity contribution < 1.29 is 5.21 Å². The van der Waals surface area contributed by atoms with Crippen LogP contribution in [0.3, 0.4) is 0 Å². The van der Waals surface area contributed by atoms with Gasteiger partial charge in [-0.25, -0.2) is 4.68 Å². The molecule has 0 saturated carbocycles. The molecule has 18 heavy (non-hydrogen) atoms. The zero-order valence-electron chi connectivity index (χ0n) is 10.6. The Morgan fingerprint density at radius 1 is 1.28 bits per heavy atom. The molecule has 0 saturated heterocycles. The lowest BCUT2D eigenvalue weighted by Crippen LogP contribution is -2.17. The number of aromatic amines is 1. The molecule has 0 spiro atoms. The number of aryl methyl sites for hydroxylation is 3. The molecule has 1 heterocycles. The van der Waals surface area contributed by atoms with Crippen LogP contribution in [0.1, 0.15) is 22.4 Å². The summed E-state index contributed by atoms with van der Waals surface area (Å²) in [6.45, 7) is 5.78. The molecule has 0 radical (unpaired) electrons. The molecule has 2 rings (SSSR count). The summed E-state index contributed by atoms with van der Waals surface area (Å²) in [5.74, 6) is 0. The summed E-state index contributed by atoms with van der Waals surface area (Å²) in [7, 11) is 0. The van der Waals surface area contributed by atoms with E-state index in [0.717, 1.165) is 17.5 Å². The molecule has 5 heteroatoms. The average Bonchev–Trinajstić information content (AvgIpc) is 2.61. The number of oxime groups is 1. The number of rotatable bonds is 2. The Balaban J connectivity index is 2.61. The van der Waals surface area contributed by atoms with Gasteiger partial charge >= 0.3 is 0 Å². The number of H-pyrrole nitrogens is 1. The Labute approximate surface area is 104 Å². The quantitative estimate of drug-likeness (QED) is 0.482. The van der Waals surface area contributed by atoms with Gasteiger partial charge in [0.25, 0.3) is 5.56 Å². The van der Waals surface area contributed by atoms with E-state index < -0.39 is 0 Å². The van der Waals surface area contributed by atoms with E-state index in [2.05, 4.69) is 10.3 Å². The van der Waals surface area contributed by atoms with Crippen LogP contribution in [-0.2, 0) is 0 Å². The predicted octanol–water partition coefficient (Wildman–Crippen LogP) is 1.90. The van der Waals surface area contributed by atoms with Crippen molar-refractivity contribution in [1.82, 2.24) is 9.78 Å². The normalized spacial score (nSPS) is 11.3. The van der Waals surface area contributed by atoms with Gasteiger partial charge in [0, 0.05) is 5.69 Å². The summed E-state index contributed by atoms with van der Waals surface area (Å²) in [5, 5.41) is 14.4. The summed E-state index contributed by atoms with van der Waals surface area (Å²) in [6.07, 6.45) is 1.14. The van der Waals surface area contributed by atoms with E-state index in [0.29, 0.717) is 11.3 Å². The molecule has 0 bridgehead atoms. The lowest BCUT2D eigenvalue weighted by atomic mass is 10.1. The Hall–Kier alpha value is -2.30. The smallest absolute Gasteiger partial charge is 0.280 e. The van der Waals surface area contributed by atoms with E-state index in [1.54, 1.807) is 6.92 Å². The van der Waals surface area contributed by atoms with Crippen LogP contribution in [0.2, 0.25) is 0 Å². The van der Waals surface area contributed by atoms with Gasteiger partial charge in [0.15, 0.2) is 0 Å². The third-order valence-electron chi connectivity index (χ3n) is 3.05. The Morgan fingerprint density at radius 3 is 2.61 bits per heavy atom. The van der Waals surface area contributed by atoms with Gasteiger partial charge in [0.05, 0.1) is 17.5 Å². The molecule has 0 aliphatic carbocycles. The first-order valence-electron chi connectivity index (χ1n) is 5.61. The lowest BCUT2D eigenvalue weighted by molar-refractivity contribution is 0.322. The molecule has 0 fully saturated rings. The average molecular weight is 245 g/mol. The van der Waals surface area contributed by atoms with Gasteiger partial charge in [-0.05, 0) is 44.0 Å². The van der Waals surface area contributed by atoms with Crippen LogP contribution in [0.5, 0.6) is 0 Å². The lowest BCUT2D eigenvalue weighted by Gasteiger charge is -2.05. The largest absolute Gasteiger partial charge is 0.411 e. The van der Waals surface area contributed by atoms with Gasteiger partial charge in [0.1, 0.15) is 0 Å². The van der Waals surface area contributed by atoms with Crippen LogP contribution >= 0.6 is 0 Å². The van der Waals surface area contributed by atoms with E-state index in [1.165, 1.54) is 10.2 Å². The van der Waals surface area contributed by atoms with Crippen LogP contribution in [0, 0.1) is 20.8 Å². The fourth-order valence-corrected chi connectivity index (χ4v) is 1.82. The Kier molecular flexibility index (Phi) is 3.06. The molecule has 0 aliphatic heterocycles. The molecule has 0 aliphatic rings. The number of aromatic nitrogens is 2. The highest BCUT2D eigenvalue weighted by Crippen LogP contribution is 2.12. The molecule has 2 N–H and O–H groups in total. The first kappa shape index (κ1) is 12.2. The maximum absolute atomic E-state index is 12.1. The first-order valence-corrected chi connectivity index (χ1v) is 5.61. The van der Waals surface area contributed by atoms with Crippen LogP contribution in [0.25, 0.3) is 5.69 Å². The minimum atomic E-state index is -0.228. The third kappa shape index (κ3) is 1.95. The first-order chi connectivity index (χ1) is 8.54. The van der Waals surface area contributed by atoms with E-state index in [-0.39, 0.29) is 5.56 Å². The van der Waals surface area contributed by atoms with E-state index in [4.69, 9.17) is 5.21 Å². The Bertz CT molecular complexity index is 665. The molecular formula is C13H15N3O2. The SMILES string of the molecule is Cc1ccc(-n2[nH]c(C)c(/C=N/O)c2=O)cc1C. The summed E-state index contributed by atoms with van der Waals surface area (Å²) >= 11 is 0. The van der Waals surface area contributed by atoms with Crippen molar-refractivity contribution in [2.24, 2.45) is 5.16 Å². The minimum Gasteiger partial charge on any atom is -0.411 e. The van der Waals surface area contributed by atoms with Crippen LogP contribution < -0.4 is 5.56 Å². The highest BCUT2D eigenvalue weighted by Gasteiger charge is 2.11. The number of benzene rings is 1. The van der Waals surface area contributed by atoms with Gasteiger partial charge < -0.3 is 5.21 Å². The molecule has 0 atom stereocenters. The van der Waals surface area contributed by atoms with Crippen molar-refractivity contribution in [3.8, 4) is 5.69 Å². The molecule has 1 aromatic heterocycles. The van der Waals surface area contributed by atoms with Crippen molar-refractivity contribution in [1.29, 1.82) is 0 Å². The zero-order valence-corrected chi connectivity index (χ0v) is 10.6. The van der Waals surface area contributed by atoms with Gasteiger partial charge in [-0.15, -0.1) is 0 Å². The summed E-state index contributed by atoms with van der Waals surface area (Å²) in [5.41, 5.74) is 3.85. The fraction of sp³-hybridized carbons (Fsp3) is 0.231. The highest BCUT2D eigenvalue weighted by atomic mass is 16.4. The minimum absolute atomic E-state index is 0.228. The second kappa shape index (κ2) is 4.52. The number of hydrogen-bond acceptors (Lipinski definition) is 3. The molecule has 1 aromatic carbocycles. The van der Waals surface area contributed by atoms with E-state index in [9.17, 15) is 4.79 Å². The molecule has 5 nitrogen and oxygen atoms in total. The maximum Gasteiger partial charge on any atom is 0.280 e. The second-order valence-electron chi connectivity index (χ2n) is 4.30. The van der Waals surface area contributed by atoms with Gasteiger partial charge in [0.2, 0.25) is 0 Å². The van der Waals surface area contributed by atoms with Crippen LogP contribution in [-0.4, -0.2) is 21.2 Å². The molecular weight excluding hydrogens is 230 g/mol. The summed E-state index contributed by atoms with van der Waals surface area (Å²) < 4.78 is 1.44. The van der Waals surface area contributed by atoms with E-state index >= 15 is 0 Å². The van der Waals surface area contributed by atoms with Crippen molar-refractivity contribution >= 4 is 6.21 Å². The molecule has 0 unspecified atom stereocenters. The van der Waals surface area contributed by atoms with Crippen LogP contribution in [0.4, 0.5) is 0 Å². The number of nitrogens with one attached hydrogen (secondary N) is 1. The fourth-order valence-electron chi connectivity index (χ4n) is 1.82. The molecule has 94 valence electrons. The van der Waals surface area contributed by atoms with E-state index in [1.807, 2.05) is 32.0 Å². The van der Waals surface area contributed by atoms with Gasteiger partial charge in [-0.1, -0.05) is 11.2 Å². The molecule has 0 amide bonds. The number of hydrogen-bond donors (Lipinski definition) is 2.